The molecule has 194 valence electrons. The molecule has 8 nitrogen and oxygen atoms in total. The number of anilines is 1. The van der Waals surface area contributed by atoms with Gasteiger partial charge >= 0.3 is 0 Å². The van der Waals surface area contributed by atoms with Crippen LogP contribution in [0.2, 0.25) is 0 Å². The van der Waals surface area contributed by atoms with Crippen LogP contribution < -0.4 is 9.47 Å². The Kier molecular flexibility index (Phi) is 8.23. The predicted octanol–water partition coefficient (Wildman–Crippen LogP) is 3.77. The van der Waals surface area contributed by atoms with Crippen LogP contribution in [-0.2, 0) is 26.8 Å². The van der Waals surface area contributed by atoms with Crippen molar-refractivity contribution in [2.24, 2.45) is 0 Å². The standard InChI is InChI=1S/C27H28N2O6S2/c30-36(31,32)20-6-18-28-24(16-14-22-8-1-3-12-26(22)28)10-5-11-25-17-15-23-9-2-4-13-27(23)29(25)19-7-21-37(33,34)35/h1-5,8-17H,6-7,18-21H2,(H-,30,31,32,33,34,35). The van der Waals surface area contributed by atoms with Gasteiger partial charge in [0.05, 0.1) is 15.9 Å². The van der Waals surface area contributed by atoms with Gasteiger partial charge in [-0.1, -0.05) is 42.5 Å². The maximum absolute atomic E-state index is 11.2. The molecule has 1 aromatic heterocycles. The Morgan fingerprint density at radius 3 is 2.43 bits per heavy atom. The number of pyridine rings is 1. The molecular formula is C27H28N2O6S2. The molecule has 2 heterocycles. The van der Waals surface area contributed by atoms with Gasteiger partial charge in [-0.15, -0.1) is 0 Å². The number of hydrogen-bond acceptors (Lipinski definition) is 6. The van der Waals surface area contributed by atoms with E-state index in [9.17, 15) is 21.4 Å². The van der Waals surface area contributed by atoms with Gasteiger partial charge in [0.2, 0.25) is 11.2 Å². The van der Waals surface area contributed by atoms with Crippen LogP contribution >= 0.6 is 0 Å². The van der Waals surface area contributed by atoms with Crippen molar-refractivity contribution in [3.63, 3.8) is 0 Å². The van der Waals surface area contributed by atoms with Gasteiger partial charge in [-0.3, -0.25) is 4.55 Å². The van der Waals surface area contributed by atoms with Gasteiger partial charge in [0, 0.05) is 53.7 Å². The molecule has 0 saturated carbocycles. The molecule has 37 heavy (non-hydrogen) atoms. The fourth-order valence-electron chi connectivity index (χ4n) is 4.40. The summed E-state index contributed by atoms with van der Waals surface area (Å²) < 4.78 is 67.0. The fourth-order valence-corrected chi connectivity index (χ4v) is 5.37. The molecule has 0 bridgehead atoms. The fraction of sp³-hybridized carbons (Fsp3) is 0.222. The van der Waals surface area contributed by atoms with Crippen molar-refractivity contribution in [1.29, 1.82) is 0 Å². The topological polar surface area (TPSA) is 119 Å². The molecule has 1 N–H and O–H groups in total. The van der Waals surface area contributed by atoms with Gasteiger partial charge in [0.25, 0.3) is 10.1 Å². The van der Waals surface area contributed by atoms with Gasteiger partial charge in [-0.25, -0.2) is 8.42 Å². The van der Waals surface area contributed by atoms with E-state index in [1.165, 1.54) is 0 Å². The molecule has 0 radical (unpaired) electrons. The highest BCUT2D eigenvalue weighted by Gasteiger charge is 2.18. The lowest BCUT2D eigenvalue weighted by atomic mass is 10.1. The van der Waals surface area contributed by atoms with Crippen LogP contribution in [0.4, 0.5) is 5.69 Å². The molecule has 0 aliphatic carbocycles. The van der Waals surface area contributed by atoms with Crippen molar-refractivity contribution in [2.75, 3.05) is 23.0 Å². The quantitative estimate of drug-likeness (QED) is 0.307. The molecule has 0 saturated heterocycles. The highest BCUT2D eigenvalue weighted by molar-refractivity contribution is 7.85. The lowest BCUT2D eigenvalue weighted by Crippen LogP contribution is -2.38. The van der Waals surface area contributed by atoms with E-state index in [-0.39, 0.29) is 18.6 Å². The summed E-state index contributed by atoms with van der Waals surface area (Å²) >= 11 is 0. The van der Waals surface area contributed by atoms with E-state index < -0.39 is 26.0 Å². The first-order valence-corrected chi connectivity index (χ1v) is 15.0. The second-order valence-corrected chi connectivity index (χ2v) is 11.8. The molecule has 4 rings (SSSR count). The van der Waals surface area contributed by atoms with Gasteiger partial charge in [-0.2, -0.15) is 13.0 Å². The molecule has 1 aliphatic heterocycles. The molecule has 0 amide bonds. The third-order valence-corrected chi connectivity index (χ3v) is 7.63. The van der Waals surface area contributed by atoms with Crippen LogP contribution in [0.25, 0.3) is 23.1 Å². The zero-order valence-corrected chi connectivity index (χ0v) is 21.7. The normalized spacial score (nSPS) is 15.1. The summed E-state index contributed by atoms with van der Waals surface area (Å²) in [6, 6.07) is 19.5. The minimum absolute atomic E-state index is 0.202. The minimum Gasteiger partial charge on any atom is -0.748 e. The van der Waals surface area contributed by atoms with Crippen molar-refractivity contribution in [3.8, 4) is 0 Å². The van der Waals surface area contributed by atoms with Crippen LogP contribution in [0, 0.1) is 0 Å². The number of fused-ring (bicyclic) bond motifs is 2. The van der Waals surface area contributed by atoms with Crippen molar-refractivity contribution in [3.05, 3.63) is 95.8 Å². The molecule has 0 fully saturated rings. The third kappa shape index (κ3) is 7.36. The van der Waals surface area contributed by atoms with Crippen LogP contribution in [0.1, 0.15) is 24.1 Å². The first kappa shape index (κ1) is 26.7. The van der Waals surface area contributed by atoms with E-state index in [4.69, 9.17) is 4.55 Å². The van der Waals surface area contributed by atoms with Crippen molar-refractivity contribution in [1.82, 2.24) is 0 Å². The predicted molar refractivity (Wildman–Crippen MR) is 144 cm³/mol. The Balaban J connectivity index is 1.63. The van der Waals surface area contributed by atoms with Crippen molar-refractivity contribution >= 4 is 49.0 Å². The van der Waals surface area contributed by atoms with Crippen LogP contribution in [-0.4, -0.2) is 44.0 Å². The molecule has 0 atom stereocenters. The first-order chi connectivity index (χ1) is 17.6. The summed E-state index contributed by atoms with van der Waals surface area (Å²) in [5, 5.41) is 1.000. The van der Waals surface area contributed by atoms with E-state index in [0.29, 0.717) is 13.1 Å². The summed E-state index contributed by atoms with van der Waals surface area (Å²) in [5.74, 6) is -0.756. The Morgan fingerprint density at radius 1 is 0.892 bits per heavy atom. The van der Waals surface area contributed by atoms with E-state index in [0.717, 1.165) is 33.5 Å². The Bertz CT molecular complexity index is 1590. The van der Waals surface area contributed by atoms with Crippen LogP contribution in [0.5, 0.6) is 0 Å². The number of rotatable bonds is 10. The maximum atomic E-state index is 11.2. The van der Waals surface area contributed by atoms with Crippen molar-refractivity contribution < 1.29 is 30.5 Å². The largest absolute Gasteiger partial charge is 0.748 e. The molecule has 2 aromatic carbocycles. The molecule has 0 spiro atoms. The van der Waals surface area contributed by atoms with E-state index in [1.54, 1.807) is 0 Å². The number of aryl methyl sites for hydroxylation is 1. The Labute approximate surface area is 217 Å². The van der Waals surface area contributed by atoms with Crippen LogP contribution in [0.3, 0.4) is 0 Å². The Hall–Kier alpha value is -3.31. The zero-order valence-electron chi connectivity index (χ0n) is 20.1. The average Bonchev–Trinajstić information content (AvgIpc) is 2.84. The average molecular weight is 541 g/mol. The number of aromatic nitrogens is 1. The van der Waals surface area contributed by atoms with E-state index in [1.807, 2.05) is 101 Å². The monoisotopic (exact) mass is 540 g/mol. The zero-order chi connectivity index (χ0) is 26.5. The summed E-state index contributed by atoms with van der Waals surface area (Å²) in [5.41, 5.74) is 4.58. The minimum atomic E-state index is -4.30. The summed E-state index contributed by atoms with van der Waals surface area (Å²) in [4.78, 5) is 2.01. The maximum Gasteiger partial charge on any atom is 0.264 e. The molecule has 3 aromatic rings. The SMILES string of the molecule is O=S(=O)([O-])CCC[n+]1c(/C=C/C=C2/C=Cc3ccccc3N2CCCS(=O)(=O)O)ccc2ccccc21. The van der Waals surface area contributed by atoms with Gasteiger partial charge in [0.15, 0.2) is 6.54 Å². The van der Waals surface area contributed by atoms with Gasteiger partial charge < -0.3 is 9.45 Å². The summed E-state index contributed by atoms with van der Waals surface area (Å²) in [6.07, 6.45) is 10.1. The van der Waals surface area contributed by atoms with Gasteiger partial charge in [0.1, 0.15) is 0 Å². The highest BCUT2D eigenvalue weighted by Crippen LogP contribution is 2.31. The summed E-state index contributed by atoms with van der Waals surface area (Å²) in [6.45, 7) is 0.772. The number of allylic oxidation sites excluding steroid dienone is 3. The molecule has 1 aliphatic rings. The second kappa shape index (κ2) is 11.4. The van der Waals surface area contributed by atoms with Crippen LogP contribution in [0.15, 0.2) is 84.6 Å². The number of para-hydroxylation sites is 2. The summed E-state index contributed by atoms with van der Waals surface area (Å²) in [7, 11) is -8.35. The molecule has 0 unspecified atom stereocenters. The number of hydrogen-bond donors (Lipinski definition) is 1. The molecular weight excluding hydrogens is 512 g/mol. The smallest absolute Gasteiger partial charge is 0.264 e. The number of benzene rings is 2. The van der Waals surface area contributed by atoms with E-state index in [2.05, 4.69) is 0 Å². The molecule has 10 heteroatoms. The highest BCUT2D eigenvalue weighted by atomic mass is 32.2. The van der Waals surface area contributed by atoms with Gasteiger partial charge in [-0.05, 0) is 42.3 Å². The van der Waals surface area contributed by atoms with Crippen molar-refractivity contribution in [2.45, 2.75) is 19.4 Å². The van der Waals surface area contributed by atoms with E-state index >= 15 is 0 Å². The first-order valence-electron chi connectivity index (χ1n) is 11.8. The lowest BCUT2D eigenvalue weighted by molar-refractivity contribution is -0.673. The second-order valence-electron chi connectivity index (χ2n) is 8.72. The number of nitrogens with zero attached hydrogens (tertiary/aromatic N) is 2. The lowest BCUT2D eigenvalue weighted by Gasteiger charge is -2.30. The Morgan fingerprint density at radius 2 is 1.65 bits per heavy atom. The third-order valence-electron chi connectivity index (χ3n) is 6.04.